The Morgan fingerprint density at radius 2 is 1.81 bits per heavy atom. The Bertz CT molecular complexity index is 192. The van der Waals surface area contributed by atoms with E-state index in [9.17, 15) is 0 Å². The monoisotopic (exact) mass is 244 g/mol. The predicted molar refractivity (Wildman–Crippen MR) is 70.2 cm³/mol. The summed E-state index contributed by atoms with van der Waals surface area (Å²) in [6, 6.07) is 0.835. The van der Waals surface area contributed by atoms with Crippen molar-refractivity contribution in [3.05, 3.63) is 0 Å². The molecule has 2 fully saturated rings. The van der Waals surface area contributed by atoms with E-state index in [0.717, 1.165) is 11.9 Å². The number of alkyl halides is 1. The van der Waals surface area contributed by atoms with Gasteiger partial charge in [-0.2, -0.15) is 0 Å². The summed E-state index contributed by atoms with van der Waals surface area (Å²) >= 11 is 5.78. The fourth-order valence-electron chi connectivity index (χ4n) is 3.11. The number of hydrogen-bond acceptors (Lipinski definition) is 2. The minimum Gasteiger partial charge on any atom is -0.302 e. The lowest BCUT2D eigenvalue weighted by Gasteiger charge is -2.26. The highest BCUT2D eigenvalue weighted by Gasteiger charge is 2.24. The second kappa shape index (κ2) is 6.83. The van der Waals surface area contributed by atoms with Crippen LogP contribution in [0.1, 0.15) is 38.5 Å². The van der Waals surface area contributed by atoms with Crippen molar-refractivity contribution in [2.24, 2.45) is 0 Å². The fourth-order valence-corrected chi connectivity index (χ4v) is 3.26. The van der Waals surface area contributed by atoms with Gasteiger partial charge < -0.3 is 4.90 Å². The molecule has 1 atom stereocenters. The first kappa shape index (κ1) is 12.7. The first-order chi connectivity index (χ1) is 7.90. The third-order valence-corrected chi connectivity index (χ3v) is 4.34. The van der Waals surface area contributed by atoms with Gasteiger partial charge in [-0.15, -0.1) is 11.6 Å². The quantitative estimate of drug-likeness (QED) is 0.663. The molecule has 0 aliphatic carbocycles. The van der Waals surface area contributed by atoms with Gasteiger partial charge in [-0.25, -0.2) is 0 Å². The average molecular weight is 245 g/mol. The molecule has 0 amide bonds. The summed E-state index contributed by atoms with van der Waals surface area (Å²) in [5, 5.41) is 0. The molecule has 0 saturated carbocycles. The lowest BCUT2D eigenvalue weighted by Crippen LogP contribution is -2.36. The van der Waals surface area contributed by atoms with Gasteiger partial charge in [0.05, 0.1) is 0 Å². The molecule has 1 unspecified atom stereocenters. The molecule has 2 heterocycles. The van der Waals surface area contributed by atoms with E-state index in [4.69, 9.17) is 11.6 Å². The molecule has 0 aromatic carbocycles. The lowest BCUT2D eigenvalue weighted by atomic mass is 10.1. The molecule has 2 aliphatic rings. The summed E-state index contributed by atoms with van der Waals surface area (Å²) in [7, 11) is 0. The highest BCUT2D eigenvalue weighted by Crippen LogP contribution is 2.21. The van der Waals surface area contributed by atoms with Crippen LogP contribution in [0.15, 0.2) is 0 Å². The summed E-state index contributed by atoms with van der Waals surface area (Å²) in [5.41, 5.74) is 0. The van der Waals surface area contributed by atoms with Crippen molar-refractivity contribution in [2.45, 2.75) is 44.6 Å². The maximum absolute atomic E-state index is 5.78. The SMILES string of the molecule is ClCCCC1CCCN1CCN1CCCC1. The molecule has 0 radical (unpaired) electrons. The Morgan fingerprint density at radius 3 is 2.56 bits per heavy atom. The van der Waals surface area contributed by atoms with Crippen molar-refractivity contribution < 1.29 is 0 Å². The largest absolute Gasteiger partial charge is 0.302 e. The topological polar surface area (TPSA) is 6.48 Å². The Kier molecular flexibility index (Phi) is 5.40. The van der Waals surface area contributed by atoms with E-state index in [2.05, 4.69) is 9.80 Å². The zero-order valence-electron chi connectivity index (χ0n) is 10.3. The molecule has 0 aromatic rings. The maximum atomic E-state index is 5.78. The second-order valence-corrected chi connectivity index (χ2v) is 5.59. The van der Waals surface area contributed by atoms with Crippen molar-refractivity contribution in [1.82, 2.24) is 9.80 Å². The molecule has 0 bridgehead atoms. The van der Waals surface area contributed by atoms with E-state index in [1.165, 1.54) is 71.2 Å². The van der Waals surface area contributed by atoms with Crippen LogP contribution in [0.5, 0.6) is 0 Å². The summed E-state index contributed by atoms with van der Waals surface area (Å²) in [6.45, 7) is 6.56. The van der Waals surface area contributed by atoms with E-state index >= 15 is 0 Å². The molecule has 3 heteroatoms. The molecule has 0 aromatic heterocycles. The van der Waals surface area contributed by atoms with Crippen LogP contribution in [0, 0.1) is 0 Å². The van der Waals surface area contributed by atoms with Gasteiger partial charge in [-0.1, -0.05) is 0 Å². The van der Waals surface area contributed by atoms with Gasteiger partial charge in [0.1, 0.15) is 0 Å². The predicted octanol–water partition coefficient (Wildman–Crippen LogP) is 2.57. The van der Waals surface area contributed by atoms with Crippen molar-refractivity contribution >= 4 is 11.6 Å². The lowest BCUT2D eigenvalue weighted by molar-refractivity contribution is 0.204. The molecule has 16 heavy (non-hydrogen) atoms. The van der Waals surface area contributed by atoms with E-state index < -0.39 is 0 Å². The molecule has 2 aliphatic heterocycles. The Hall–Kier alpha value is 0.210. The van der Waals surface area contributed by atoms with Gasteiger partial charge >= 0.3 is 0 Å². The molecule has 94 valence electrons. The summed E-state index contributed by atoms with van der Waals surface area (Å²) in [6.07, 6.45) is 8.12. The minimum absolute atomic E-state index is 0.830. The number of nitrogens with zero attached hydrogens (tertiary/aromatic N) is 2. The highest BCUT2D eigenvalue weighted by atomic mass is 35.5. The average Bonchev–Trinajstić information content (AvgIpc) is 2.94. The third-order valence-electron chi connectivity index (χ3n) is 4.07. The first-order valence-corrected chi connectivity index (χ1v) is 7.46. The normalized spacial score (nSPS) is 27.9. The van der Waals surface area contributed by atoms with Crippen molar-refractivity contribution in [1.29, 1.82) is 0 Å². The number of halogens is 1. The smallest absolute Gasteiger partial charge is 0.0224 e. The van der Waals surface area contributed by atoms with Gasteiger partial charge in [0.2, 0.25) is 0 Å². The summed E-state index contributed by atoms with van der Waals surface area (Å²) in [5.74, 6) is 0.830. The Balaban J connectivity index is 1.66. The Labute approximate surface area is 105 Å². The standard InChI is InChI=1S/C13H25ClN2/c14-7-3-5-13-6-4-10-16(13)12-11-15-8-1-2-9-15/h13H,1-12H2. The minimum atomic E-state index is 0.830. The van der Waals surface area contributed by atoms with E-state index in [0.29, 0.717) is 0 Å². The van der Waals surface area contributed by atoms with Gasteiger partial charge in [0, 0.05) is 25.0 Å². The van der Waals surface area contributed by atoms with Crippen LogP contribution >= 0.6 is 11.6 Å². The Morgan fingerprint density at radius 1 is 1.00 bits per heavy atom. The molecule has 2 nitrogen and oxygen atoms in total. The molecular weight excluding hydrogens is 220 g/mol. The summed E-state index contributed by atoms with van der Waals surface area (Å²) in [4.78, 5) is 5.32. The number of likely N-dealkylation sites (tertiary alicyclic amines) is 2. The van der Waals surface area contributed by atoms with Crippen LogP contribution in [0.4, 0.5) is 0 Å². The van der Waals surface area contributed by atoms with Crippen molar-refractivity contribution in [3.8, 4) is 0 Å². The number of hydrogen-bond donors (Lipinski definition) is 0. The van der Waals surface area contributed by atoms with Gasteiger partial charge in [0.15, 0.2) is 0 Å². The van der Waals surface area contributed by atoms with Crippen LogP contribution in [0.2, 0.25) is 0 Å². The van der Waals surface area contributed by atoms with Crippen molar-refractivity contribution in [2.75, 3.05) is 38.6 Å². The van der Waals surface area contributed by atoms with Gasteiger partial charge in [-0.3, -0.25) is 4.90 Å². The molecule has 2 rings (SSSR count). The van der Waals surface area contributed by atoms with Crippen LogP contribution in [0.3, 0.4) is 0 Å². The van der Waals surface area contributed by atoms with E-state index in [1.807, 2.05) is 0 Å². The second-order valence-electron chi connectivity index (χ2n) is 5.21. The number of rotatable bonds is 6. The molecule has 0 spiro atoms. The molecule has 0 N–H and O–H groups in total. The summed E-state index contributed by atoms with van der Waals surface area (Å²) < 4.78 is 0. The fraction of sp³-hybridized carbons (Fsp3) is 1.00. The molecule has 2 saturated heterocycles. The van der Waals surface area contributed by atoms with Crippen LogP contribution in [-0.4, -0.2) is 54.4 Å². The highest BCUT2D eigenvalue weighted by molar-refractivity contribution is 6.17. The van der Waals surface area contributed by atoms with Crippen LogP contribution in [-0.2, 0) is 0 Å². The third kappa shape index (κ3) is 3.61. The van der Waals surface area contributed by atoms with Gasteiger partial charge in [0.25, 0.3) is 0 Å². The maximum Gasteiger partial charge on any atom is 0.0224 e. The van der Waals surface area contributed by atoms with Crippen molar-refractivity contribution in [3.63, 3.8) is 0 Å². The molecular formula is C13H25ClN2. The zero-order valence-corrected chi connectivity index (χ0v) is 11.1. The van der Waals surface area contributed by atoms with E-state index in [1.54, 1.807) is 0 Å². The first-order valence-electron chi connectivity index (χ1n) is 6.92. The van der Waals surface area contributed by atoms with Crippen LogP contribution in [0.25, 0.3) is 0 Å². The van der Waals surface area contributed by atoms with Crippen LogP contribution < -0.4 is 0 Å². The zero-order chi connectivity index (χ0) is 11.2. The van der Waals surface area contributed by atoms with E-state index in [-0.39, 0.29) is 0 Å². The van der Waals surface area contributed by atoms with Gasteiger partial charge in [-0.05, 0) is 58.2 Å².